The van der Waals surface area contributed by atoms with Gasteiger partial charge in [-0.3, -0.25) is 0 Å². The zero-order valence-electron chi connectivity index (χ0n) is 19.3. The molecule has 0 amide bonds. The Morgan fingerprint density at radius 2 is 1.91 bits per heavy atom. The summed E-state index contributed by atoms with van der Waals surface area (Å²) in [5.41, 5.74) is 3.12. The molecule has 3 heterocycles. The third-order valence-corrected chi connectivity index (χ3v) is 6.90. The minimum Gasteiger partial charge on any atom is -0.496 e. The van der Waals surface area contributed by atoms with E-state index in [1.807, 2.05) is 24.3 Å². The van der Waals surface area contributed by atoms with Gasteiger partial charge in [0, 0.05) is 43.4 Å². The topological polar surface area (TPSA) is 54.8 Å². The Hall–Kier alpha value is -3.22. The fraction of sp³-hybridized carbons (Fsp3) is 0.321. The van der Waals surface area contributed by atoms with E-state index in [2.05, 4.69) is 22.0 Å². The molecule has 5 rings (SSSR count). The number of fused-ring (bicyclic) bond motifs is 2. The summed E-state index contributed by atoms with van der Waals surface area (Å²) in [6, 6.07) is 16.1. The van der Waals surface area contributed by atoms with Crippen molar-refractivity contribution in [1.82, 2.24) is 9.88 Å². The fourth-order valence-electron chi connectivity index (χ4n) is 4.91. The molecule has 0 unspecified atom stereocenters. The van der Waals surface area contributed by atoms with Crippen LogP contribution >= 0.6 is 0 Å². The van der Waals surface area contributed by atoms with Gasteiger partial charge < -0.3 is 19.5 Å². The highest BCUT2D eigenvalue weighted by Crippen LogP contribution is 2.41. The lowest BCUT2D eigenvalue weighted by molar-refractivity contribution is -0.0254. The summed E-state index contributed by atoms with van der Waals surface area (Å²) in [5.74, 6) is 1.92. The molecule has 5 nitrogen and oxygen atoms in total. The normalized spacial score (nSPS) is 18.5. The summed E-state index contributed by atoms with van der Waals surface area (Å²) in [4.78, 5) is 6.84. The SMILES string of the molecule is COc1cccc2c1C/C(=C/CCN1CCC(O)(c3ccc(F)cc3)CC1)c1cccnc1O2. The minimum absolute atomic E-state index is 0.279. The average Bonchev–Trinajstić information content (AvgIpc) is 3.02. The molecule has 1 fully saturated rings. The number of halogens is 1. The van der Waals surface area contributed by atoms with E-state index in [0.29, 0.717) is 25.1 Å². The monoisotopic (exact) mass is 460 g/mol. The third-order valence-electron chi connectivity index (χ3n) is 6.90. The summed E-state index contributed by atoms with van der Waals surface area (Å²) in [6.07, 6.45) is 6.88. The smallest absolute Gasteiger partial charge is 0.226 e. The molecule has 1 N–H and O–H groups in total. The van der Waals surface area contributed by atoms with Crippen LogP contribution in [0.2, 0.25) is 0 Å². The van der Waals surface area contributed by atoms with Crippen LogP contribution in [-0.4, -0.2) is 41.7 Å². The fourth-order valence-corrected chi connectivity index (χ4v) is 4.91. The molecule has 0 aliphatic carbocycles. The molecule has 0 atom stereocenters. The van der Waals surface area contributed by atoms with Crippen LogP contribution in [0.1, 0.15) is 36.0 Å². The van der Waals surface area contributed by atoms with Crippen molar-refractivity contribution in [2.75, 3.05) is 26.7 Å². The van der Waals surface area contributed by atoms with E-state index >= 15 is 0 Å². The second-order valence-corrected chi connectivity index (χ2v) is 8.97. The predicted molar refractivity (Wildman–Crippen MR) is 130 cm³/mol. The Kier molecular flexibility index (Phi) is 6.35. The van der Waals surface area contributed by atoms with E-state index in [0.717, 1.165) is 54.2 Å². The molecule has 6 heteroatoms. The first-order valence-corrected chi connectivity index (χ1v) is 11.7. The Morgan fingerprint density at radius 1 is 1.12 bits per heavy atom. The van der Waals surface area contributed by atoms with Crippen molar-refractivity contribution in [1.29, 1.82) is 0 Å². The molecule has 0 radical (unpaired) electrons. The summed E-state index contributed by atoms with van der Waals surface area (Å²) in [7, 11) is 1.68. The van der Waals surface area contributed by atoms with Gasteiger partial charge in [-0.1, -0.05) is 24.3 Å². The molecular formula is C28H29FN2O3. The van der Waals surface area contributed by atoms with Gasteiger partial charge in [-0.25, -0.2) is 9.37 Å². The maximum Gasteiger partial charge on any atom is 0.226 e. The number of nitrogens with zero attached hydrogens (tertiary/aromatic N) is 2. The number of piperidine rings is 1. The minimum atomic E-state index is -0.883. The largest absolute Gasteiger partial charge is 0.496 e. The van der Waals surface area contributed by atoms with E-state index in [4.69, 9.17) is 9.47 Å². The van der Waals surface area contributed by atoms with Crippen molar-refractivity contribution < 1.29 is 19.0 Å². The van der Waals surface area contributed by atoms with Gasteiger partial charge in [0.05, 0.1) is 12.7 Å². The Bertz CT molecular complexity index is 1180. The molecule has 2 aliphatic heterocycles. The third kappa shape index (κ3) is 4.56. The first-order chi connectivity index (χ1) is 16.6. The van der Waals surface area contributed by atoms with Crippen molar-refractivity contribution >= 4 is 5.57 Å². The molecule has 176 valence electrons. The molecule has 0 saturated carbocycles. The molecule has 0 spiro atoms. The van der Waals surface area contributed by atoms with Gasteiger partial charge >= 0.3 is 0 Å². The van der Waals surface area contributed by atoms with Gasteiger partial charge in [0.15, 0.2) is 0 Å². The van der Waals surface area contributed by atoms with Gasteiger partial charge in [0.25, 0.3) is 0 Å². The van der Waals surface area contributed by atoms with Crippen LogP contribution < -0.4 is 9.47 Å². The lowest BCUT2D eigenvalue weighted by atomic mass is 9.84. The van der Waals surface area contributed by atoms with Crippen molar-refractivity contribution in [3.63, 3.8) is 0 Å². The number of allylic oxidation sites excluding steroid dienone is 1. The highest BCUT2D eigenvalue weighted by molar-refractivity contribution is 5.74. The summed E-state index contributed by atoms with van der Waals surface area (Å²) < 4.78 is 25.0. The maximum atomic E-state index is 13.3. The Morgan fingerprint density at radius 3 is 2.68 bits per heavy atom. The Balaban J connectivity index is 1.28. The standard InChI is InChI=1S/C28H29FN2O3/c1-33-25-7-2-8-26-24(25)19-20(23-6-3-15-30-27(23)34-26)5-4-16-31-17-13-28(32,14-18-31)21-9-11-22(29)12-10-21/h2-3,5-12,15,32H,4,13-14,16-19H2,1H3/b20-5-. The number of aromatic nitrogens is 1. The van der Waals surface area contributed by atoms with E-state index in [9.17, 15) is 9.50 Å². The zero-order chi connectivity index (χ0) is 23.5. The van der Waals surface area contributed by atoms with Crippen LogP contribution in [0.25, 0.3) is 5.57 Å². The van der Waals surface area contributed by atoms with Gasteiger partial charge in [-0.15, -0.1) is 0 Å². The lowest BCUT2D eigenvalue weighted by Crippen LogP contribution is -2.42. The lowest BCUT2D eigenvalue weighted by Gasteiger charge is -2.38. The van der Waals surface area contributed by atoms with Crippen LogP contribution in [0, 0.1) is 5.82 Å². The van der Waals surface area contributed by atoms with Gasteiger partial charge in [-0.05, 0) is 66.8 Å². The number of hydrogen-bond donors (Lipinski definition) is 1. The first-order valence-electron chi connectivity index (χ1n) is 11.7. The summed E-state index contributed by atoms with van der Waals surface area (Å²) in [6.45, 7) is 2.50. The number of likely N-dealkylation sites (tertiary alicyclic amines) is 1. The van der Waals surface area contributed by atoms with Crippen molar-refractivity contribution in [3.05, 3.63) is 89.4 Å². The van der Waals surface area contributed by atoms with Crippen LogP contribution in [0.5, 0.6) is 17.4 Å². The van der Waals surface area contributed by atoms with Crippen LogP contribution in [0.4, 0.5) is 4.39 Å². The molecule has 0 bridgehead atoms. The first kappa shape index (κ1) is 22.6. The second kappa shape index (κ2) is 9.57. The van der Waals surface area contributed by atoms with Gasteiger partial charge in [-0.2, -0.15) is 0 Å². The van der Waals surface area contributed by atoms with Crippen molar-refractivity contribution in [3.8, 4) is 17.4 Å². The van der Waals surface area contributed by atoms with E-state index in [1.54, 1.807) is 25.4 Å². The number of hydrogen-bond acceptors (Lipinski definition) is 5. The number of ether oxygens (including phenoxy) is 2. The number of rotatable bonds is 5. The highest BCUT2D eigenvalue weighted by atomic mass is 19.1. The van der Waals surface area contributed by atoms with Crippen molar-refractivity contribution in [2.45, 2.75) is 31.3 Å². The molecular weight excluding hydrogens is 431 g/mol. The molecule has 2 aliphatic rings. The van der Waals surface area contributed by atoms with Crippen LogP contribution in [0.15, 0.2) is 66.9 Å². The number of aliphatic hydroxyl groups is 1. The number of methoxy groups -OCH3 is 1. The van der Waals surface area contributed by atoms with Crippen molar-refractivity contribution in [2.24, 2.45) is 0 Å². The second-order valence-electron chi connectivity index (χ2n) is 8.97. The number of benzene rings is 2. The number of pyridine rings is 1. The molecule has 2 aromatic carbocycles. The predicted octanol–water partition coefficient (Wildman–Crippen LogP) is 5.33. The Labute approximate surface area is 199 Å². The van der Waals surface area contributed by atoms with Gasteiger partial charge in [0.1, 0.15) is 17.3 Å². The maximum absolute atomic E-state index is 13.3. The highest BCUT2D eigenvalue weighted by Gasteiger charge is 2.33. The summed E-state index contributed by atoms with van der Waals surface area (Å²) >= 11 is 0. The van der Waals surface area contributed by atoms with E-state index in [1.165, 1.54) is 17.7 Å². The summed E-state index contributed by atoms with van der Waals surface area (Å²) in [5, 5.41) is 11.1. The average molecular weight is 461 g/mol. The van der Waals surface area contributed by atoms with Crippen LogP contribution in [0.3, 0.4) is 0 Å². The molecule has 1 saturated heterocycles. The zero-order valence-corrected chi connectivity index (χ0v) is 19.3. The van der Waals surface area contributed by atoms with E-state index < -0.39 is 5.60 Å². The van der Waals surface area contributed by atoms with Crippen LogP contribution in [-0.2, 0) is 12.0 Å². The quantitative estimate of drug-likeness (QED) is 0.557. The molecule has 3 aromatic rings. The van der Waals surface area contributed by atoms with E-state index in [-0.39, 0.29) is 5.82 Å². The van der Waals surface area contributed by atoms with Gasteiger partial charge in [0.2, 0.25) is 5.88 Å². The molecule has 1 aromatic heterocycles. The molecule has 34 heavy (non-hydrogen) atoms.